The second-order valence-corrected chi connectivity index (χ2v) is 7.11. The van der Waals surface area contributed by atoms with Crippen LogP contribution < -0.4 is 0 Å². The number of carboxylic acid groups (broad SMARTS) is 1. The van der Waals surface area contributed by atoms with Crippen molar-refractivity contribution >= 4 is 5.97 Å². The maximum Gasteiger partial charge on any atom is 0.310 e. The number of nitrogens with zero attached hydrogens (tertiary/aromatic N) is 1. The highest BCUT2D eigenvalue weighted by Crippen LogP contribution is 2.38. The Morgan fingerprint density at radius 1 is 1.25 bits per heavy atom. The van der Waals surface area contributed by atoms with Gasteiger partial charge in [0.15, 0.2) is 0 Å². The fraction of sp³-hybridized carbons (Fsp3) is 0.938. The molecule has 0 radical (unpaired) electrons. The molecule has 2 rings (SSSR count). The molecule has 1 N–H and O–H groups in total. The van der Waals surface area contributed by atoms with Gasteiger partial charge in [-0.15, -0.1) is 0 Å². The smallest absolute Gasteiger partial charge is 0.310 e. The second kappa shape index (κ2) is 6.44. The van der Waals surface area contributed by atoms with Gasteiger partial charge >= 0.3 is 5.97 Å². The molecule has 20 heavy (non-hydrogen) atoms. The first-order valence-corrected chi connectivity index (χ1v) is 7.94. The molecule has 1 heterocycles. The van der Waals surface area contributed by atoms with Gasteiger partial charge in [0.05, 0.1) is 19.1 Å². The van der Waals surface area contributed by atoms with Gasteiger partial charge in [-0.2, -0.15) is 0 Å². The maximum absolute atomic E-state index is 11.4. The van der Waals surface area contributed by atoms with Gasteiger partial charge in [0.25, 0.3) is 0 Å². The predicted molar refractivity (Wildman–Crippen MR) is 78.6 cm³/mol. The van der Waals surface area contributed by atoms with Gasteiger partial charge in [-0.25, -0.2) is 0 Å². The van der Waals surface area contributed by atoms with Crippen LogP contribution in [0.4, 0.5) is 0 Å². The number of hydrogen-bond donors (Lipinski definition) is 1. The van der Waals surface area contributed by atoms with Crippen LogP contribution in [-0.4, -0.2) is 48.3 Å². The molecular weight excluding hydrogens is 254 g/mol. The lowest BCUT2D eigenvalue weighted by Crippen LogP contribution is -2.51. The van der Waals surface area contributed by atoms with Crippen LogP contribution in [0.25, 0.3) is 0 Å². The van der Waals surface area contributed by atoms with Crippen LogP contribution in [0.1, 0.15) is 40.0 Å². The van der Waals surface area contributed by atoms with Gasteiger partial charge in [0.2, 0.25) is 0 Å². The molecule has 1 aliphatic heterocycles. The minimum absolute atomic E-state index is 0.0315. The molecule has 0 aromatic heterocycles. The van der Waals surface area contributed by atoms with Crippen molar-refractivity contribution in [3.05, 3.63) is 0 Å². The lowest BCUT2D eigenvalue weighted by atomic mass is 9.73. The Balaban J connectivity index is 2.12. The number of aliphatic carboxylic acids is 1. The molecule has 1 saturated carbocycles. The van der Waals surface area contributed by atoms with Crippen molar-refractivity contribution in [2.24, 2.45) is 23.7 Å². The lowest BCUT2D eigenvalue weighted by molar-refractivity contribution is -0.143. The van der Waals surface area contributed by atoms with Gasteiger partial charge < -0.3 is 9.84 Å². The molecule has 4 heteroatoms. The molecule has 0 aromatic rings. The van der Waals surface area contributed by atoms with E-state index in [1.807, 2.05) is 0 Å². The van der Waals surface area contributed by atoms with Crippen molar-refractivity contribution in [2.45, 2.75) is 52.1 Å². The van der Waals surface area contributed by atoms with Gasteiger partial charge in [-0.1, -0.05) is 27.2 Å². The van der Waals surface area contributed by atoms with E-state index in [0.717, 1.165) is 5.92 Å². The summed E-state index contributed by atoms with van der Waals surface area (Å²) in [6.07, 6.45) is 3.75. The van der Waals surface area contributed by atoms with Crippen LogP contribution in [0.15, 0.2) is 0 Å². The van der Waals surface area contributed by atoms with E-state index in [2.05, 4.69) is 32.7 Å². The Bertz CT molecular complexity index is 345. The number of likely N-dealkylation sites (N-methyl/N-ethyl adjacent to an activating group) is 1. The summed E-state index contributed by atoms with van der Waals surface area (Å²) in [6, 6.07) is 0.524. The lowest BCUT2D eigenvalue weighted by Gasteiger charge is -2.45. The first-order valence-electron chi connectivity index (χ1n) is 7.94. The molecule has 4 nitrogen and oxygen atoms in total. The van der Waals surface area contributed by atoms with E-state index in [1.165, 1.54) is 19.3 Å². The van der Waals surface area contributed by atoms with Crippen molar-refractivity contribution < 1.29 is 14.6 Å². The standard InChI is InChI=1S/C16H29NO3/c1-10(2)12-6-5-11(3)7-14(12)17(4)15-9-20-8-13(15)16(18)19/h10-15H,5-9H2,1-4H3,(H,18,19). The van der Waals surface area contributed by atoms with Crippen molar-refractivity contribution in [3.63, 3.8) is 0 Å². The van der Waals surface area contributed by atoms with E-state index in [1.54, 1.807) is 0 Å². The summed E-state index contributed by atoms with van der Waals surface area (Å²) >= 11 is 0. The predicted octanol–water partition coefficient (Wildman–Crippen LogP) is 2.48. The van der Waals surface area contributed by atoms with Gasteiger partial charge in [-0.3, -0.25) is 9.69 Å². The maximum atomic E-state index is 11.4. The molecule has 0 bridgehead atoms. The summed E-state index contributed by atoms with van der Waals surface area (Å²) in [4.78, 5) is 13.7. The third kappa shape index (κ3) is 3.17. The quantitative estimate of drug-likeness (QED) is 0.861. The van der Waals surface area contributed by atoms with Crippen LogP contribution >= 0.6 is 0 Å². The summed E-state index contributed by atoms with van der Waals surface area (Å²) in [5, 5.41) is 9.35. The SMILES string of the molecule is CC1CCC(C(C)C)C(N(C)C2COCC2C(=O)O)C1. The van der Waals surface area contributed by atoms with E-state index < -0.39 is 5.97 Å². The fourth-order valence-corrected chi connectivity index (χ4v) is 4.05. The highest BCUT2D eigenvalue weighted by molar-refractivity contribution is 5.71. The summed E-state index contributed by atoms with van der Waals surface area (Å²) in [5.41, 5.74) is 0. The average Bonchev–Trinajstić information content (AvgIpc) is 2.86. The fourth-order valence-electron chi connectivity index (χ4n) is 4.05. The number of rotatable bonds is 4. The van der Waals surface area contributed by atoms with Crippen molar-refractivity contribution in [3.8, 4) is 0 Å². The third-order valence-electron chi connectivity index (χ3n) is 5.40. The number of hydrogen-bond acceptors (Lipinski definition) is 3. The van der Waals surface area contributed by atoms with E-state index >= 15 is 0 Å². The highest BCUT2D eigenvalue weighted by Gasteiger charge is 2.42. The van der Waals surface area contributed by atoms with Crippen LogP contribution in [-0.2, 0) is 9.53 Å². The second-order valence-electron chi connectivity index (χ2n) is 7.11. The zero-order valence-corrected chi connectivity index (χ0v) is 13.2. The Kier molecular flexibility index (Phi) is 5.08. The first-order chi connectivity index (χ1) is 9.41. The Labute approximate surface area is 122 Å². The largest absolute Gasteiger partial charge is 0.481 e. The molecule has 2 aliphatic rings. The van der Waals surface area contributed by atoms with E-state index in [0.29, 0.717) is 31.1 Å². The normalized spacial score (nSPS) is 38.6. The monoisotopic (exact) mass is 283 g/mol. The van der Waals surface area contributed by atoms with E-state index in [-0.39, 0.29) is 12.0 Å². The van der Waals surface area contributed by atoms with Crippen LogP contribution in [0.2, 0.25) is 0 Å². The van der Waals surface area contributed by atoms with Crippen LogP contribution in [0.3, 0.4) is 0 Å². The topological polar surface area (TPSA) is 49.8 Å². The summed E-state index contributed by atoms with van der Waals surface area (Å²) in [5.74, 6) is 0.976. The molecule has 5 atom stereocenters. The number of carboxylic acids is 1. The Hall–Kier alpha value is -0.610. The Morgan fingerprint density at radius 2 is 1.95 bits per heavy atom. The third-order valence-corrected chi connectivity index (χ3v) is 5.40. The van der Waals surface area contributed by atoms with Gasteiger partial charge in [0, 0.05) is 12.1 Å². The Morgan fingerprint density at radius 3 is 2.55 bits per heavy atom. The minimum atomic E-state index is -0.718. The molecule has 116 valence electrons. The van der Waals surface area contributed by atoms with E-state index in [4.69, 9.17) is 4.74 Å². The molecule has 1 saturated heterocycles. The number of carbonyl (C=O) groups is 1. The summed E-state index contributed by atoms with van der Waals surface area (Å²) < 4.78 is 5.44. The summed E-state index contributed by atoms with van der Waals surface area (Å²) in [6.45, 7) is 7.82. The summed E-state index contributed by atoms with van der Waals surface area (Å²) in [7, 11) is 2.10. The van der Waals surface area contributed by atoms with Crippen molar-refractivity contribution in [2.75, 3.05) is 20.3 Å². The average molecular weight is 283 g/mol. The highest BCUT2D eigenvalue weighted by atomic mass is 16.5. The van der Waals surface area contributed by atoms with Gasteiger partial charge in [-0.05, 0) is 37.6 Å². The molecule has 5 unspecified atom stereocenters. The molecule has 0 aromatic carbocycles. The molecule has 2 fully saturated rings. The van der Waals surface area contributed by atoms with E-state index in [9.17, 15) is 9.90 Å². The van der Waals surface area contributed by atoms with Crippen molar-refractivity contribution in [1.29, 1.82) is 0 Å². The number of ether oxygens (including phenoxy) is 1. The van der Waals surface area contributed by atoms with Crippen LogP contribution in [0, 0.1) is 23.7 Å². The molecule has 1 aliphatic carbocycles. The van der Waals surface area contributed by atoms with Crippen LogP contribution in [0.5, 0.6) is 0 Å². The first kappa shape index (κ1) is 15.8. The molecule has 0 spiro atoms. The molecular formula is C16H29NO3. The van der Waals surface area contributed by atoms with Crippen molar-refractivity contribution in [1.82, 2.24) is 4.90 Å². The molecule has 0 amide bonds. The minimum Gasteiger partial charge on any atom is -0.481 e. The zero-order chi connectivity index (χ0) is 14.9. The zero-order valence-electron chi connectivity index (χ0n) is 13.2. The van der Waals surface area contributed by atoms with Gasteiger partial charge in [0.1, 0.15) is 0 Å².